The molecular formula is C27H30N2O8. The van der Waals surface area contributed by atoms with Gasteiger partial charge in [-0.05, 0) is 45.4 Å². The second kappa shape index (κ2) is 7.69. The Hall–Kier alpha value is -3.14. The minimum Gasteiger partial charge on any atom is -0.458 e. The van der Waals surface area contributed by atoms with Crippen LogP contribution in [0.5, 0.6) is 0 Å². The third-order valence-electron chi connectivity index (χ3n) is 10.5. The van der Waals surface area contributed by atoms with Crippen LogP contribution in [0.15, 0.2) is 0 Å². The monoisotopic (exact) mass is 510 g/mol. The van der Waals surface area contributed by atoms with Crippen LogP contribution < -0.4 is 0 Å². The lowest BCUT2D eigenvalue weighted by atomic mass is 9.74. The van der Waals surface area contributed by atoms with Gasteiger partial charge < -0.3 is 18.9 Å². The summed E-state index contributed by atoms with van der Waals surface area (Å²) in [6.07, 6.45) is 0.227. The van der Waals surface area contributed by atoms with Gasteiger partial charge in [-0.25, -0.2) is 0 Å². The number of hydrogen-bond donors (Lipinski definition) is 0. The predicted molar refractivity (Wildman–Crippen MR) is 120 cm³/mol. The molecule has 6 aliphatic rings. The minimum atomic E-state index is -1.11. The average molecular weight is 511 g/mol. The number of rotatable bonds is 7. The van der Waals surface area contributed by atoms with Crippen LogP contribution in [0.2, 0.25) is 0 Å². The molecule has 10 nitrogen and oxygen atoms in total. The number of hydrogen-bond acceptors (Lipinski definition) is 10. The van der Waals surface area contributed by atoms with Gasteiger partial charge in [0.2, 0.25) is 0 Å². The maximum Gasteiger partial charge on any atom is 0.327 e. The van der Waals surface area contributed by atoms with Gasteiger partial charge in [-0.15, -0.1) is 0 Å². The van der Waals surface area contributed by atoms with Crippen molar-refractivity contribution in [3.05, 3.63) is 0 Å². The second-order valence-electron chi connectivity index (χ2n) is 12.3. The summed E-state index contributed by atoms with van der Waals surface area (Å²) >= 11 is 0. The molecule has 4 bridgehead atoms. The Kier molecular flexibility index (Phi) is 5.03. The van der Waals surface area contributed by atoms with Crippen molar-refractivity contribution in [2.45, 2.75) is 83.7 Å². The topological polar surface area (TPSA) is 153 Å². The molecule has 0 radical (unpaired) electrons. The van der Waals surface area contributed by atoms with E-state index < -0.39 is 70.5 Å². The summed E-state index contributed by atoms with van der Waals surface area (Å²) in [5.41, 5.74) is -3.18. The second-order valence-corrected chi connectivity index (χ2v) is 12.3. The molecule has 0 aromatic rings. The first-order valence-corrected chi connectivity index (χ1v) is 13.2. The first-order valence-electron chi connectivity index (χ1n) is 13.2. The smallest absolute Gasteiger partial charge is 0.327 e. The number of carbonyl (C=O) groups excluding carboxylic acids is 4. The van der Waals surface area contributed by atoms with E-state index in [4.69, 9.17) is 18.9 Å². The van der Waals surface area contributed by atoms with Gasteiger partial charge >= 0.3 is 23.9 Å². The summed E-state index contributed by atoms with van der Waals surface area (Å²) in [6, 6.07) is 4.30. The molecule has 0 aromatic carbocycles. The molecule has 12 unspecified atom stereocenters. The van der Waals surface area contributed by atoms with Crippen molar-refractivity contribution in [1.29, 1.82) is 10.5 Å². The zero-order valence-corrected chi connectivity index (χ0v) is 21.1. The molecule has 10 heteroatoms. The first-order chi connectivity index (χ1) is 17.5. The fourth-order valence-electron chi connectivity index (χ4n) is 8.22. The van der Waals surface area contributed by atoms with Crippen molar-refractivity contribution in [3.63, 3.8) is 0 Å². The van der Waals surface area contributed by atoms with Crippen LogP contribution >= 0.6 is 0 Å². The standard InChI is InChI=1S/C27H30N2O8/c1-4-25(3,22(31)35-18-14-6-16-20(18)37-24(33)27(16,9-14)11-29)7-12(2)21(30)34-17-13-5-15-19(17)36-23(32)26(15,8-13)10-28/h12-20H,4-9H2,1-3H3. The van der Waals surface area contributed by atoms with E-state index in [2.05, 4.69) is 12.1 Å². The fourth-order valence-corrected chi connectivity index (χ4v) is 8.22. The van der Waals surface area contributed by atoms with E-state index in [0.29, 0.717) is 32.1 Å². The van der Waals surface area contributed by atoms with E-state index in [1.54, 1.807) is 13.8 Å². The predicted octanol–water partition coefficient (Wildman–Crippen LogP) is 2.20. The van der Waals surface area contributed by atoms with Gasteiger partial charge in [-0.2, -0.15) is 10.5 Å². The molecule has 6 rings (SSSR count). The van der Waals surface area contributed by atoms with Crippen LogP contribution in [0.1, 0.15) is 59.3 Å². The summed E-state index contributed by atoms with van der Waals surface area (Å²) in [5, 5.41) is 19.2. The van der Waals surface area contributed by atoms with Crippen molar-refractivity contribution in [3.8, 4) is 12.1 Å². The highest BCUT2D eigenvalue weighted by molar-refractivity contribution is 5.85. The molecule has 0 aromatic heterocycles. The number of esters is 4. The quantitative estimate of drug-likeness (QED) is 0.368. The summed E-state index contributed by atoms with van der Waals surface area (Å²) in [4.78, 5) is 51.2. The molecule has 0 spiro atoms. The van der Waals surface area contributed by atoms with E-state index >= 15 is 0 Å². The van der Waals surface area contributed by atoms with Crippen LogP contribution in [-0.2, 0) is 38.1 Å². The van der Waals surface area contributed by atoms with Gasteiger partial charge in [0.25, 0.3) is 0 Å². The summed E-state index contributed by atoms with van der Waals surface area (Å²) in [6.45, 7) is 5.31. The van der Waals surface area contributed by atoms with Crippen molar-refractivity contribution in [2.24, 2.45) is 45.8 Å². The van der Waals surface area contributed by atoms with Crippen molar-refractivity contribution >= 4 is 23.9 Å². The third-order valence-corrected chi connectivity index (χ3v) is 10.5. The van der Waals surface area contributed by atoms with Gasteiger partial charge in [0.05, 0.1) is 23.5 Å². The molecule has 0 N–H and O–H groups in total. The van der Waals surface area contributed by atoms with Crippen LogP contribution in [0.4, 0.5) is 0 Å². The van der Waals surface area contributed by atoms with Crippen LogP contribution in [0, 0.1) is 68.5 Å². The molecule has 6 fully saturated rings. The Morgan fingerprint density at radius 2 is 1.49 bits per heavy atom. The lowest BCUT2D eigenvalue weighted by Crippen LogP contribution is -2.44. The molecular weight excluding hydrogens is 480 g/mol. The van der Waals surface area contributed by atoms with Gasteiger partial charge in [0.15, 0.2) is 10.8 Å². The normalized spacial score (nSPS) is 46.0. The van der Waals surface area contributed by atoms with Crippen molar-refractivity contribution in [2.75, 3.05) is 0 Å². The Labute approximate surface area is 214 Å². The molecule has 4 saturated carbocycles. The lowest BCUT2D eigenvalue weighted by Gasteiger charge is -2.34. The van der Waals surface area contributed by atoms with Gasteiger partial charge in [0.1, 0.15) is 24.4 Å². The Morgan fingerprint density at radius 1 is 1.00 bits per heavy atom. The largest absolute Gasteiger partial charge is 0.458 e. The summed E-state index contributed by atoms with van der Waals surface area (Å²) in [7, 11) is 0. The zero-order valence-electron chi connectivity index (χ0n) is 21.1. The molecule has 37 heavy (non-hydrogen) atoms. The van der Waals surface area contributed by atoms with Gasteiger partial charge in [-0.1, -0.05) is 13.8 Å². The summed E-state index contributed by atoms with van der Waals surface area (Å²) < 4.78 is 22.7. The SMILES string of the molecule is CCC(C)(CC(C)C(=O)OC1C2CC3C1OC(=O)C3(C#N)C2)C(=O)OC1C2CC3C1OC(=O)C3(C#N)C2. The molecule has 4 aliphatic carbocycles. The van der Waals surface area contributed by atoms with Crippen LogP contribution in [0.25, 0.3) is 0 Å². The molecule has 2 heterocycles. The molecule has 2 aliphatic heterocycles. The number of nitriles is 2. The van der Waals surface area contributed by atoms with Crippen LogP contribution in [-0.4, -0.2) is 48.3 Å². The first kappa shape index (κ1) is 24.2. The summed E-state index contributed by atoms with van der Waals surface area (Å²) in [5.74, 6) is -3.26. The van der Waals surface area contributed by atoms with E-state index in [1.807, 2.05) is 6.92 Å². The van der Waals surface area contributed by atoms with Crippen molar-refractivity contribution < 1.29 is 38.1 Å². The van der Waals surface area contributed by atoms with E-state index in [-0.39, 0.29) is 30.1 Å². The number of ether oxygens (including phenoxy) is 4. The average Bonchev–Trinajstić information content (AvgIpc) is 3.66. The Bertz CT molecular complexity index is 1190. The highest BCUT2D eigenvalue weighted by Crippen LogP contribution is 2.63. The van der Waals surface area contributed by atoms with Gasteiger partial charge in [-0.3, -0.25) is 19.2 Å². The molecule has 0 amide bonds. The van der Waals surface area contributed by atoms with E-state index in [9.17, 15) is 29.7 Å². The maximum absolute atomic E-state index is 13.4. The molecule has 12 atom stereocenters. The van der Waals surface area contributed by atoms with Crippen molar-refractivity contribution in [1.82, 2.24) is 0 Å². The number of fused-ring (bicyclic) bond motifs is 2. The number of nitrogens with zero attached hydrogens (tertiary/aromatic N) is 2. The molecule has 2 saturated heterocycles. The Morgan fingerprint density at radius 3 is 1.95 bits per heavy atom. The highest BCUT2D eigenvalue weighted by atomic mass is 16.6. The van der Waals surface area contributed by atoms with E-state index in [0.717, 1.165) is 0 Å². The highest BCUT2D eigenvalue weighted by Gasteiger charge is 2.73. The lowest BCUT2D eigenvalue weighted by molar-refractivity contribution is -0.175. The third kappa shape index (κ3) is 2.96. The fraction of sp³-hybridized carbons (Fsp3) is 0.778. The minimum absolute atomic E-state index is 0.0905. The van der Waals surface area contributed by atoms with Crippen LogP contribution in [0.3, 0.4) is 0 Å². The molecule has 196 valence electrons. The Balaban J connectivity index is 1.09. The number of carbonyl (C=O) groups is 4. The maximum atomic E-state index is 13.4. The van der Waals surface area contributed by atoms with Gasteiger partial charge in [0, 0.05) is 23.7 Å². The zero-order chi connectivity index (χ0) is 26.5. The van der Waals surface area contributed by atoms with E-state index in [1.165, 1.54) is 0 Å².